The van der Waals surface area contributed by atoms with Crippen molar-refractivity contribution < 1.29 is 19.8 Å². The van der Waals surface area contributed by atoms with Crippen molar-refractivity contribution >= 4 is 11.9 Å². The smallest absolute Gasteiger partial charge is 0.303 e. The van der Waals surface area contributed by atoms with Crippen molar-refractivity contribution in [1.29, 1.82) is 0 Å². The highest BCUT2D eigenvalue weighted by Gasteiger charge is 1.94. The summed E-state index contributed by atoms with van der Waals surface area (Å²) >= 11 is 0. The van der Waals surface area contributed by atoms with Crippen molar-refractivity contribution in [3.05, 3.63) is 85.1 Å². The van der Waals surface area contributed by atoms with Gasteiger partial charge in [0, 0.05) is 12.8 Å². The second-order valence-corrected chi connectivity index (χ2v) is 9.66. The predicted octanol–water partition coefficient (Wildman–Crippen LogP) is 11.1. The number of unbranched alkanes of at least 4 members (excludes halogenated alkanes) is 7. The molecule has 0 rings (SSSR count). The second kappa shape index (κ2) is 36.1. The van der Waals surface area contributed by atoms with Crippen LogP contribution in [0.3, 0.4) is 0 Å². The molecule has 40 heavy (non-hydrogen) atoms. The van der Waals surface area contributed by atoms with Crippen LogP contribution in [-0.2, 0) is 9.59 Å². The van der Waals surface area contributed by atoms with Gasteiger partial charge in [-0.15, -0.1) is 0 Å². The molecular weight excluding hydrogens is 496 g/mol. The number of hydrogen-bond donors (Lipinski definition) is 2. The van der Waals surface area contributed by atoms with Gasteiger partial charge >= 0.3 is 11.9 Å². The van der Waals surface area contributed by atoms with Crippen LogP contribution in [0.2, 0.25) is 0 Å². The van der Waals surface area contributed by atoms with Crippen LogP contribution < -0.4 is 0 Å². The van der Waals surface area contributed by atoms with Crippen molar-refractivity contribution in [2.75, 3.05) is 0 Å². The first-order valence-corrected chi connectivity index (χ1v) is 15.5. The van der Waals surface area contributed by atoms with E-state index < -0.39 is 11.9 Å². The molecule has 0 amide bonds. The summed E-state index contributed by atoms with van der Waals surface area (Å²) < 4.78 is 0. The summed E-state index contributed by atoms with van der Waals surface area (Å²) in [5.74, 6) is -1.39. The van der Waals surface area contributed by atoms with Crippen molar-refractivity contribution in [3.8, 4) is 0 Å². The standard InChI is InChI=1S/C18H30O2.C18H28O2/c2*1-2-3-4-5-6-7-8-9-10-11-12-13-14-15-16-17-18(19)20/h6-7,9-10,12-13H,2-5,8,11,14-17H2,1H3,(H,19,20);3-4,6-7,9-10,12-13H,2,5,8,11,14-17H2,1H3,(H,19,20)/b7-6-,10-9-,13-12-;4-3-,7-6-,10-9-,13-12-. The first kappa shape index (κ1) is 39.3. The predicted molar refractivity (Wildman–Crippen MR) is 174 cm³/mol. The van der Waals surface area contributed by atoms with Crippen LogP contribution in [0.15, 0.2) is 85.1 Å². The van der Waals surface area contributed by atoms with Gasteiger partial charge in [-0.25, -0.2) is 0 Å². The van der Waals surface area contributed by atoms with E-state index in [0.29, 0.717) is 6.42 Å². The van der Waals surface area contributed by atoms with E-state index in [1.807, 2.05) is 0 Å². The summed E-state index contributed by atoms with van der Waals surface area (Å²) in [6, 6.07) is 0. The molecule has 0 radical (unpaired) electrons. The van der Waals surface area contributed by atoms with Crippen LogP contribution in [0, 0.1) is 0 Å². The van der Waals surface area contributed by atoms with E-state index in [9.17, 15) is 9.59 Å². The summed E-state index contributed by atoms with van der Waals surface area (Å²) in [6.07, 6.45) is 47.8. The van der Waals surface area contributed by atoms with Crippen LogP contribution in [0.5, 0.6) is 0 Å². The Balaban J connectivity index is 0. The normalized spacial score (nSPS) is 12.2. The van der Waals surface area contributed by atoms with Gasteiger partial charge in [-0.2, -0.15) is 0 Å². The lowest BCUT2D eigenvalue weighted by molar-refractivity contribution is -0.138. The highest BCUT2D eigenvalue weighted by Crippen LogP contribution is 2.03. The highest BCUT2D eigenvalue weighted by atomic mass is 16.4. The minimum Gasteiger partial charge on any atom is -0.481 e. The van der Waals surface area contributed by atoms with Gasteiger partial charge in [0.25, 0.3) is 0 Å². The van der Waals surface area contributed by atoms with Gasteiger partial charge in [-0.3, -0.25) is 9.59 Å². The Bertz CT molecular complexity index is 766. The molecule has 0 aliphatic heterocycles. The third-order valence-electron chi connectivity index (χ3n) is 5.76. The fraction of sp³-hybridized carbons (Fsp3) is 0.556. The zero-order valence-electron chi connectivity index (χ0n) is 25.5. The SMILES string of the molecule is CC/C=C\C/C=C\C/C=C\C/C=C\CCCCC(=O)O.CCCCC/C=C\C/C=C\C/C=C\CCCCC(=O)O. The van der Waals surface area contributed by atoms with Gasteiger partial charge in [-0.05, 0) is 89.9 Å². The average molecular weight is 555 g/mol. The molecule has 0 unspecified atom stereocenters. The van der Waals surface area contributed by atoms with Gasteiger partial charge in [0.2, 0.25) is 0 Å². The highest BCUT2D eigenvalue weighted by molar-refractivity contribution is 5.66. The molecule has 4 nitrogen and oxygen atoms in total. The van der Waals surface area contributed by atoms with Gasteiger partial charge < -0.3 is 10.2 Å². The molecule has 226 valence electrons. The Morgan fingerprint density at radius 2 is 0.725 bits per heavy atom. The van der Waals surface area contributed by atoms with Crippen LogP contribution in [0.4, 0.5) is 0 Å². The van der Waals surface area contributed by atoms with E-state index in [1.165, 1.54) is 25.7 Å². The molecular formula is C36H58O4. The molecule has 4 heteroatoms. The lowest BCUT2D eigenvalue weighted by Crippen LogP contribution is -1.92. The van der Waals surface area contributed by atoms with Gasteiger partial charge in [0.15, 0.2) is 0 Å². The van der Waals surface area contributed by atoms with E-state index in [1.54, 1.807) is 0 Å². The number of carboxylic acid groups (broad SMARTS) is 2. The second-order valence-electron chi connectivity index (χ2n) is 9.66. The quantitative estimate of drug-likeness (QED) is 0.0869. The Morgan fingerprint density at radius 1 is 0.425 bits per heavy atom. The zero-order chi connectivity index (χ0) is 29.8. The van der Waals surface area contributed by atoms with Gasteiger partial charge in [0.05, 0.1) is 0 Å². The molecule has 0 saturated heterocycles. The van der Waals surface area contributed by atoms with Crippen molar-refractivity contribution in [3.63, 3.8) is 0 Å². The molecule has 0 aromatic heterocycles. The average Bonchev–Trinajstić information content (AvgIpc) is 2.93. The molecule has 0 aliphatic rings. The van der Waals surface area contributed by atoms with Gasteiger partial charge in [0.1, 0.15) is 0 Å². The molecule has 0 bridgehead atoms. The van der Waals surface area contributed by atoms with Crippen LogP contribution in [0.1, 0.15) is 129 Å². The Hall–Kier alpha value is -2.88. The minimum atomic E-state index is -0.699. The molecule has 0 heterocycles. The van der Waals surface area contributed by atoms with Crippen LogP contribution in [0.25, 0.3) is 0 Å². The van der Waals surface area contributed by atoms with Crippen molar-refractivity contribution in [2.45, 2.75) is 129 Å². The topological polar surface area (TPSA) is 74.6 Å². The largest absolute Gasteiger partial charge is 0.481 e. The molecule has 0 saturated carbocycles. The Morgan fingerprint density at radius 3 is 1.02 bits per heavy atom. The molecule has 0 spiro atoms. The third-order valence-corrected chi connectivity index (χ3v) is 5.76. The molecule has 0 aromatic carbocycles. The number of allylic oxidation sites excluding steroid dienone is 14. The van der Waals surface area contributed by atoms with E-state index >= 15 is 0 Å². The molecule has 2 N–H and O–H groups in total. The fourth-order valence-electron chi connectivity index (χ4n) is 3.46. The molecule has 0 aliphatic carbocycles. The zero-order valence-corrected chi connectivity index (χ0v) is 25.5. The maximum atomic E-state index is 10.3. The first-order valence-electron chi connectivity index (χ1n) is 15.5. The van der Waals surface area contributed by atoms with Crippen molar-refractivity contribution in [1.82, 2.24) is 0 Å². The lowest BCUT2D eigenvalue weighted by Gasteiger charge is -1.92. The summed E-state index contributed by atoms with van der Waals surface area (Å²) in [4.78, 5) is 20.6. The maximum Gasteiger partial charge on any atom is 0.303 e. The van der Waals surface area contributed by atoms with Gasteiger partial charge in [-0.1, -0.05) is 112 Å². The summed E-state index contributed by atoms with van der Waals surface area (Å²) in [5, 5.41) is 17.0. The third kappa shape index (κ3) is 42.2. The Labute approximate surface area is 246 Å². The summed E-state index contributed by atoms with van der Waals surface area (Å²) in [7, 11) is 0. The monoisotopic (exact) mass is 554 g/mol. The number of rotatable bonds is 25. The first-order chi connectivity index (χ1) is 19.5. The van der Waals surface area contributed by atoms with Crippen molar-refractivity contribution in [2.24, 2.45) is 0 Å². The van der Waals surface area contributed by atoms with Crippen LogP contribution >= 0.6 is 0 Å². The number of aliphatic carboxylic acids is 2. The fourth-order valence-corrected chi connectivity index (χ4v) is 3.46. The van der Waals surface area contributed by atoms with E-state index in [4.69, 9.17) is 10.2 Å². The molecule has 0 atom stereocenters. The lowest BCUT2D eigenvalue weighted by atomic mass is 10.2. The number of carbonyl (C=O) groups is 2. The van der Waals surface area contributed by atoms with E-state index in [-0.39, 0.29) is 6.42 Å². The maximum absolute atomic E-state index is 10.3. The molecule has 0 aromatic rings. The molecule has 0 fully saturated rings. The van der Waals surface area contributed by atoms with E-state index in [2.05, 4.69) is 98.9 Å². The van der Waals surface area contributed by atoms with E-state index in [0.717, 1.165) is 77.0 Å². The number of hydrogen-bond acceptors (Lipinski definition) is 2. The summed E-state index contributed by atoms with van der Waals surface area (Å²) in [6.45, 7) is 4.37. The minimum absolute atomic E-state index is 0.285. The number of carboxylic acids is 2. The Kier molecular flexibility index (Phi) is 35.5. The van der Waals surface area contributed by atoms with Crippen LogP contribution in [-0.4, -0.2) is 22.2 Å². The summed E-state index contributed by atoms with van der Waals surface area (Å²) in [5.41, 5.74) is 0.